The second kappa shape index (κ2) is 9.00. The molecule has 2 rings (SSSR count). The van der Waals surface area contributed by atoms with Gasteiger partial charge in [-0.3, -0.25) is 0 Å². The predicted molar refractivity (Wildman–Crippen MR) is 107 cm³/mol. The maximum atomic E-state index is 13.0. The van der Waals surface area contributed by atoms with Gasteiger partial charge in [0.25, 0.3) is 10.2 Å². The topological polar surface area (TPSA) is 78.0 Å². The first kappa shape index (κ1) is 22.3. The molecule has 0 saturated carbocycles. The van der Waals surface area contributed by atoms with Crippen LogP contribution >= 0.6 is 0 Å². The van der Waals surface area contributed by atoms with Gasteiger partial charge in [0.2, 0.25) is 10.0 Å². The highest BCUT2D eigenvalue weighted by Gasteiger charge is 2.35. The van der Waals surface area contributed by atoms with Crippen LogP contribution in [0.25, 0.3) is 0 Å². The van der Waals surface area contributed by atoms with Crippen molar-refractivity contribution in [3.63, 3.8) is 0 Å². The normalized spacial score (nSPS) is 17.5. The van der Waals surface area contributed by atoms with E-state index in [1.54, 1.807) is 19.1 Å². The van der Waals surface area contributed by atoms with Crippen LogP contribution in [-0.4, -0.2) is 69.0 Å². The zero-order valence-corrected chi connectivity index (χ0v) is 18.3. The van der Waals surface area contributed by atoms with Gasteiger partial charge < -0.3 is 0 Å². The van der Waals surface area contributed by atoms with E-state index in [1.807, 2.05) is 26.8 Å². The van der Waals surface area contributed by atoms with Gasteiger partial charge in [0.1, 0.15) is 0 Å². The Labute approximate surface area is 164 Å². The quantitative estimate of drug-likeness (QED) is 0.648. The van der Waals surface area contributed by atoms with Crippen LogP contribution in [0, 0.1) is 13.8 Å². The summed E-state index contributed by atoms with van der Waals surface area (Å²) >= 11 is 0. The third-order valence-corrected chi connectivity index (χ3v) is 8.83. The summed E-state index contributed by atoms with van der Waals surface area (Å²) in [7, 11) is -7.18. The highest BCUT2D eigenvalue weighted by atomic mass is 32.2. The summed E-state index contributed by atoms with van der Waals surface area (Å²) in [6.45, 7) is 9.20. The molecule has 0 bridgehead atoms. The van der Waals surface area contributed by atoms with Crippen molar-refractivity contribution in [1.82, 2.24) is 12.9 Å². The van der Waals surface area contributed by atoms with Gasteiger partial charge in [-0.1, -0.05) is 26.0 Å². The molecule has 7 nitrogen and oxygen atoms in total. The molecule has 0 aromatic heterocycles. The van der Waals surface area contributed by atoms with Gasteiger partial charge in [0, 0.05) is 39.3 Å². The van der Waals surface area contributed by atoms with Gasteiger partial charge in [-0.05, 0) is 43.9 Å². The molecule has 1 aliphatic heterocycles. The monoisotopic (exact) mass is 417 g/mol. The van der Waals surface area contributed by atoms with Crippen LogP contribution in [0.4, 0.5) is 0 Å². The summed E-state index contributed by atoms with van der Waals surface area (Å²) in [6, 6.07) is 5.36. The molecule has 0 N–H and O–H groups in total. The Bertz CT molecular complexity index is 839. The molecule has 27 heavy (non-hydrogen) atoms. The van der Waals surface area contributed by atoms with E-state index in [-0.39, 0.29) is 26.2 Å². The molecule has 1 saturated heterocycles. The van der Waals surface area contributed by atoms with E-state index in [0.717, 1.165) is 18.4 Å². The highest BCUT2D eigenvalue weighted by Crippen LogP contribution is 2.23. The molecule has 0 spiro atoms. The van der Waals surface area contributed by atoms with Crippen LogP contribution in [0.3, 0.4) is 0 Å². The smallest absolute Gasteiger partial charge is 0.207 e. The molecule has 0 radical (unpaired) electrons. The first-order valence-corrected chi connectivity index (χ1v) is 12.3. The first-order chi connectivity index (χ1) is 12.6. The fourth-order valence-corrected chi connectivity index (χ4v) is 6.78. The van der Waals surface area contributed by atoms with Crippen molar-refractivity contribution in [3.05, 3.63) is 29.3 Å². The predicted octanol–water partition coefficient (Wildman–Crippen LogP) is 1.98. The van der Waals surface area contributed by atoms with Crippen LogP contribution < -0.4 is 0 Å². The second-order valence-electron chi connectivity index (χ2n) is 6.98. The third-order valence-electron chi connectivity index (χ3n) is 4.76. The molecular formula is C18H31N3O4S2. The molecular weight excluding hydrogens is 386 g/mol. The highest BCUT2D eigenvalue weighted by molar-refractivity contribution is 7.89. The fourth-order valence-electron chi connectivity index (χ4n) is 3.27. The van der Waals surface area contributed by atoms with Crippen molar-refractivity contribution < 1.29 is 16.8 Å². The molecule has 0 unspecified atom stereocenters. The molecule has 1 aromatic carbocycles. The molecule has 1 fully saturated rings. The van der Waals surface area contributed by atoms with Gasteiger partial charge >= 0.3 is 0 Å². The van der Waals surface area contributed by atoms with Crippen LogP contribution in [-0.2, 0) is 20.2 Å². The van der Waals surface area contributed by atoms with Gasteiger partial charge in [-0.2, -0.15) is 21.3 Å². The van der Waals surface area contributed by atoms with Crippen molar-refractivity contribution in [2.45, 2.75) is 45.4 Å². The van der Waals surface area contributed by atoms with E-state index >= 15 is 0 Å². The van der Waals surface area contributed by atoms with Crippen LogP contribution in [0.2, 0.25) is 0 Å². The zero-order valence-electron chi connectivity index (χ0n) is 16.7. The lowest BCUT2D eigenvalue weighted by Crippen LogP contribution is -2.54. The minimum Gasteiger partial charge on any atom is -0.207 e. The van der Waals surface area contributed by atoms with Crippen molar-refractivity contribution in [1.29, 1.82) is 0 Å². The standard InChI is InChI=1S/C18H31N3O4S2/c1-5-9-20(10-6-2)27(24,25)21-13-11-19(12-14-21)26(22,23)18-15-16(3)7-8-17(18)4/h7-8,15H,5-6,9-14H2,1-4H3. The summed E-state index contributed by atoms with van der Waals surface area (Å²) in [5.74, 6) is 0. The van der Waals surface area contributed by atoms with Crippen molar-refractivity contribution in [3.8, 4) is 0 Å². The largest absolute Gasteiger partial charge is 0.282 e. The number of hydrogen-bond donors (Lipinski definition) is 0. The van der Waals surface area contributed by atoms with Crippen LogP contribution in [0.5, 0.6) is 0 Å². The average molecular weight is 418 g/mol. The molecule has 0 aliphatic carbocycles. The minimum absolute atomic E-state index is 0.168. The molecule has 1 aliphatic rings. The number of piperazine rings is 1. The maximum Gasteiger partial charge on any atom is 0.282 e. The summed E-state index contributed by atoms with van der Waals surface area (Å²) in [6.07, 6.45) is 1.50. The van der Waals surface area contributed by atoms with Crippen molar-refractivity contribution in [2.75, 3.05) is 39.3 Å². The Morgan fingerprint density at radius 3 is 1.93 bits per heavy atom. The Balaban J connectivity index is 2.15. The molecule has 0 amide bonds. The lowest BCUT2D eigenvalue weighted by molar-refractivity contribution is 0.253. The third kappa shape index (κ3) is 4.89. The van der Waals surface area contributed by atoms with Crippen molar-refractivity contribution in [2.24, 2.45) is 0 Å². The summed E-state index contributed by atoms with van der Waals surface area (Å²) < 4.78 is 56.1. The zero-order chi connectivity index (χ0) is 20.2. The second-order valence-corrected chi connectivity index (χ2v) is 10.8. The molecule has 1 heterocycles. The van der Waals surface area contributed by atoms with E-state index in [2.05, 4.69) is 0 Å². The molecule has 1 aromatic rings. The SMILES string of the molecule is CCCN(CCC)S(=O)(=O)N1CCN(S(=O)(=O)c2cc(C)ccc2C)CC1. The minimum atomic E-state index is -3.63. The number of benzene rings is 1. The lowest BCUT2D eigenvalue weighted by atomic mass is 10.2. The summed E-state index contributed by atoms with van der Waals surface area (Å²) in [4.78, 5) is 0.303. The van der Waals surface area contributed by atoms with E-state index in [9.17, 15) is 16.8 Å². The van der Waals surface area contributed by atoms with Crippen LogP contribution in [0.1, 0.15) is 37.8 Å². The van der Waals surface area contributed by atoms with E-state index in [0.29, 0.717) is 23.5 Å². The average Bonchev–Trinajstić information content (AvgIpc) is 2.63. The summed E-state index contributed by atoms with van der Waals surface area (Å²) in [5, 5.41) is 0. The Kier molecular flexibility index (Phi) is 7.43. The Morgan fingerprint density at radius 1 is 0.889 bits per heavy atom. The molecule has 0 atom stereocenters. The van der Waals surface area contributed by atoms with Gasteiger partial charge in [0.15, 0.2) is 0 Å². The number of aryl methyl sites for hydroxylation is 2. The number of rotatable bonds is 8. The number of sulfonamides is 1. The van der Waals surface area contributed by atoms with Gasteiger partial charge in [-0.15, -0.1) is 0 Å². The van der Waals surface area contributed by atoms with Crippen molar-refractivity contribution >= 4 is 20.2 Å². The van der Waals surface area contributed by atoms with E-state index in [4.69, 9.17) is 0 Å². The first-order valence-electron chi connectivity index (χ1n) is 9.47. The lowest BCUT2D eigenvalue weighted by Gasteiger charge is -2.36. The number of hydrogen-bond acceptors (Lipinski definition) is 4. The molecule has 9 heteroatoms. The fraction of sp³-hybridized carbons (Fsp3) is 0.667. The molecule has 154 valence electrons. The van der Waals surface area contributed by atoms with E-state index < -0.39 is 20.2 Å². The Hall–Kier alpha value is -1.00. The van der Waals surface area contributed by atoms with E-state index in [1.165, 1.54) is 12.9 Å². The van der Waals surface area contributed by atoms with Crippen LogP contribution in [0.15, 0.2) is 23.1 Å². The van der Waals surface area contributed by atoms with Gasteiger partial charge in [-0.25, -0.2) is 8.42 Å². The maximum absolute atomic E-state index is 13.0. The Morgan fingerprint density at radius 2 is 1.41 bits per heavy atom. The summed E-state index contributed by atoms with van der Waals surface area (Å²) in [5.41, 5.74) is 1.59. The van der Waals surface area contributed by atoms with Gasteiger partial charge in [0.05, 0.1) is 4.90 Å². The number of nitrogens with zero attached hydrogens (tertiary/aromatic N) is 3.